The van der Waals surface area contributed by atoms with E-state index in [1.54, 1.807) is 0 Å². The summed E-state index contributed by atoms with van der Waals surface area (Å²) in [7, 11) is 2.03. The minimum atomic E-state index is 0.351. The molecule has 0 amide bonds. The standard InChI is InChI=1S/C16H36N2O/c1-3-4-5-7-10-13-18(16-17-2)14-11-8-6-9-12-15-19/h17,19H,3-16H2,1-2H3. The molecule has 0 aromatic heterocycles. The first-order valence-electron chi connectivity index (χ1n) is 8.33. The molecule has 19 heavy (non-hydrogen) atoms. The van der Waals surface area contributed by atoms with Crippen LogP contribution in [0.4, 0.5) is 0 Å². The summed E-state index contributed by atoms with van der Waals surface area (Å²) in [5, 5.41) is 12.0. The molecule has 3 heteroatoms. The first-order valence-corrected chi connectivity index (χ1v) is 8.33. The molecule has 0 aliphatic heterocycles. The summed E-state index contributed by atoms with van der Waals surface area (Å²) < 4.78 is 0. The lowest BCUT2D eigenvalue weighted by molar-refractivity contribution is 0.246. The highest BCUT2D eigenvalue weighted by Crippen LogP contribution is 2.06. The fourth-order valence-electron chi connectivity index (χ4n) is 2.41. The SMILES string of the molecule is CCCCCCCN(CCCCCCCO)CNC. The molecule has 3 nitrogen and oxygen atoms in total. The molecule has 0 unspecified atom stereocenters. The van der Waals surface area contributed by atoms with E-state index in [1.165, 1.54) is 70.9 Å². The number of aliphatic hydroxyl groups is 1. The lowest BCUT2D eigenvalue weighted by atomic mass is 10.1. The first kappa shape index (κ1) is 18.9. The molecule has 0 saturated heterocycles. The number of unbranched alkanes of at least 4 members (excludes halogenated alkanes) is 8. The molecule has 0 atom stereocenters. The summed E-state index contributed by atoms with van der Waals surface area (Å²) in [6.07, 6.45) is 12.8. The zero-order valence-electron chi connectivity index (χ0n) is 13.3. The second-order valence-electron chi connectivity index (χ2n) is 5.54. The Morgan fingerprint density at radius 2 is 1.32 bits per heavy atom. The van der Waals surface area contributed by atoms with E-state index >= 15 is 0 Å². The van der Waals surface area contributed by atoms with Crippen molar-refractivity contribution in [2.75, 3.05) is 33.4 Å². The number of hydrogen-bond donors (Lipinski definition) is 2. The monoisotopic (exact) mass is 272 g/mol. The van der Waals surface area contributed by atoms with E-state index in [2.05, 4.69) is 17.1 Å². The summed E-state index contributed by atoms with van der Waals surface area (Å²) in [6, 6.07) is 0. The van der Waals surface area contributed by atoms with E-state index in [4.69, 9.17) is 5.11 Å². The normalized spacial score (nSPS) is 11.4. The van der Waals surface area contributed by atoms with Crippen LogP contribution < -0.4 is 5.32 Å². The van der Waals surface area contributed by atoms with Crippen LogP contribution in [0.5, 0.6) is 0 Å². The van der Waals surface area contributed by atoms with Gasteiger partial charge in [0.05, 0.1) is 0 Å². The largest absolute Gasteiger partial charge is 0.396 e. The van der Waals surface area contributed by atoms with E-state index in [-0.39, 0.29) is 0 Å². The van der Waals surface area contributed by atoms with Crippen LogP contribution in [0.25, 0.3) is 0 Å². The summed E-state index contributed by atoms with van der Waals surface area (Å²) in [4.78, 5) is 2.54. The molecule has 116 valence electrons. The molecule has 0 bridgehead atoms. The number of rotatable bonds is 15. The van der Waals surface area contributed by atoms with Gasteiger partial charge in [-0.15, -0.1) is 0 Å². The summed E-state index contributed by atoms with van der Waals surface area (Å²) in [6.45, 7) is 6.09. The van der Waals surface area contributed by atoms with Gasteiger partial charge in [-0.05, 0) is 39.4 Å². The quantitative estimate of drug-likeness (QED) is 0.354. The van der Waals surface area contributed by atoms with Crippen molar-refractivity contribution in [1.82, 2.24) is 10.2 Å². The van der Waals surface area contributed by atoms with Gasteiger partial charge in [-0.25, -0.2) is 0 Å². The Morgan fingerprint density at radius 3 is 1.84 bits per heavy atom. The summed E-state index contributed by atoms with van der Waals surface area (Å²) >= 11 is 0. The van der Waals surface area contributed by atoms with Crippen LogP contribution in [-0.2, 0) is 0 Å². The van der Waals surface area contributed by atoms with Crippen molar-refractivity contribution in [2.24, 2.45) is 0 Å². The number of nitrogens with one attached hydrogen (secondary N) is 1. The Morgan fingerprint density at radius 1 is 0.789 bits per heavy atom. The van der Waals surface area contributed by atoms with Crippen LogP contribution in [-0.4, -0.2) is 43.4 Å². The van der Waals surface area contributed by atoms with Crippen molar-refractivity contribution in [3.05, 3.63) is 0 Å². The molecule has 0 heterocycles. The second-order valence-corrected chi connectivity index (χ2v) is 5.54. The predicted octanol–water partition coefficient (Wildman–Crippen LogP) is 3.38. The van der Waals surface area contributed by atoms with Crippen molar-refractivity contribution in [3.8, 4) is 0 Å². The van der Waals surface area contributed by atoms with Gasteiger partial charge in [-0.3, -0.25) is 4.90 Å². The average molecular weight is 272 g/mol. The minimum absolute atomic E-state index is 0.351. The van der Waals surface area contributed by atoms with Gasteiger partial charge in [0.25, 0.3) is 0 Å². The van der Waals surface area contributed by atoms with Crippen LogP contribution >= 0.6 is 0 Å². The molecule has 0 aliphatic rings. The van der Waals surface area contributed by atoms with Crippen molar-refractivity contribution in [2.45, 2.75) is 71.1 Å². The number of nitrogens with zero attached hydrogens (tertiary/aromatic N) is 1. The zero-order valence-corrected chi connectivity index (χ0v) is 13.3. The van der Waals surface area contributed by atoms with Crippen LogP contribution in [0, 0.1) is 0 Å². The van der Waals surface area contributed by atoms with Gasteiger partial charge in [0.15, 0.2) is 0 Å². The Hall–Kier alpha value is -0.120. The second kappa shape index (κ2) is 15.9. The Balaban J connectivity index is 3.45. The summed E-state index contributed by atoms with van der Waals surface area (Å²) in [5.74, 6) is 0. The van der Waals surface area contributed by atoms with E-state index < -0.39 is 0 Å². The highest BCUT2D eigenvalue weighted by atomic mass is 16.2. The average Bonchev–Trinajstić information content (AvgIpc) is 2.42. The first-order chi connectivity index (χ1) is 9.35. The van der Waals surface area contributed by atoms with Gasteiger partial charge in [0.1, 0.15) is 0 Å². The van der Waals surface area contributed by atoms with Gasteiger partial charge in [0, 0.05) is 13.3 Å². The van der Waals surface area contributed by atoms with Crippen LogP contribution in [0.1, 0.15) is 71.1 Å². The molecular weight excluding hydrogens is 236 g/mol. The van der Waals surface area contributed by atoms with Gasteiger partial charge in [0.2, 0.25) is 0 Å². The Kier molecular flexibility index (Phi) is 15.8. The highest BCUT2D eigenvalue weighted by Gasteiger charge is 2.03. The minimum Gasteiger partial charge on any atom is -0.396 e. The van der Waals surface area contributed by atoms with E-state index in [0.717, 1.165) is 13.1 Å². The van der Waals surface area contributed by atoms with Crippen molar-refractivity contribution in [1.29, 1.82) is 0 Å². The molecule has 0 spiro atoms. The molecule has 2 N–H and O–H groups in total. The van der Waals surface area contributed by atoms with Crippen LogP contribution in [0.3, 0.4) is 0 Å². The Bertz CT molecular complexity index is 165. The highest BCUT2D eigenvalue weighted by molar-refractivity contribution is 4.57. The number of hydrogen-bond acceptors (Lipinski definition) is 3. The molecule has 0 aromatic carbocycles. The molecule has 0 radical (unpaired) electrons. The third-order valence-corrected chi connectivity index (χ3v) is 3.59. The van der Waals surface area contributed by atoms with Gasteiger partial charge >= 0.3 is 0 Å². The maximum Gasteiger partial charge on any atom is 0.0477 e. The molecule has 0 rings (SSSR count). The van der Waals surface area contributed by atoms with E-state index in [9.17, 15) is 0 Å². The lowest BCUT2D eigenvalue weighted by Gasteiger charge is -2.21. The molecule has 0 fully saturated rings. The molecular formula is C16H36N2O. The third-order valence-electron chi connectivity index (χ3n) is 3.59. The van der Waals surface area contributed by atoms with E-state index in [0.29, 0.717) is 6.61 Å². The molecule has 0 aromatic rings. The van der Waals surface area contributed by atoms with Gasteiger partial charge in [-0.2, -0.15) is 0 Å². The molecule has 0 aliphatic carbocycles. The number of aliphatic hydroxyl groups excluding tert-OH is 1. The maximum absolute atomic E-state index is 8.72. The lowest BCUT2D eigenvalue weighted by Crippen LogP contribution is -2.34. The molecule has 0 saturated carbocycles. The van der Waals surface area contributed by atoms with Crippen molar-refractivity contribution < 1.29 is 5.11 Å². The van der Waals surface area contributed by atoms with Gasteiger partial charge < -0.3 is 10.4 Å². The fraction of sp³-hybridized carbons (Fsp3) is 1.00. The topological polar surface area (TPSA) is 35.5 Å². The Labute approximate surface area is 120 Å². The summed E-state index contributed by atoms with van der Waals surface area (Å²) in [5.41, 5.74) is 0. The van der Waals surface area contributed by atoms with Crippen LogP contribution in [0.2, 0.25) is 0 Å². The third kappa shape index (κ3) is 14.1. The van der Waals surface area contributed by atoms with Crippen LogP contribution in [0.15, 0.2) is 0 Å². The van der Waals surface area contributed by atoms with Crippen molar-refractivity contribution >= 4 is 0 Å². The fourth-order valence-corrected chi connectivity index (χ4v) is 2.41. The predicted molar refractivity (Wildman–Crippen MR) is 84.4 cm³/mol. The maximum atomic E-state index is 8.72. The van der Waals surface area contributed by atoms with Crippen molar-refractivity contribution in [3.63, 3.8) is 0 Å². The smallest absolute Gasteiger partial charge is 0.0477 e. The van der Waals surface area contributed by atoms with E-state index in [1.807, 2.05) is 7.05 Å². The zero-order chi connectivity index (χ0) is 14.2. The van der Waals surface area contributed by atoms with Gasteiger partial charge in [-0.1, -0.05) is 51.9 Å².